The highest BCUT2D eigenvalue weighted by atomic mass is 32.2. The van der Waals surface area contributed by atoms with E-state index in [1.807, 2.05) is 12.1 Å². The SMILES string of the molecule is O=S(=O)(NCC(O)CN1CCc2ccccc2C1)c1ccc(F)cc1. The first-order valence-electron chi connectivity index (χ1n) is 8.16. The molecule has 0 saturated carbocycles. The van der Waals surface area contributed by atoms with Crippen LogP contribution >= 0.6 is 0 Å². The van der Waals surface area contributed by atoms with Gasteiger partial charge in [0.05, 0.1) is 11.0 Å². The Kier molecular flexibility index (Phi) is 5.48. The van der Waals surface area contributed by atoms with Crippen molar-refractivity contribution < 1.29 is 17.9 Å². The molecule has 134 valence electrons. The van der Waals surface area contributed by atoms with Gasteiger partial charge in [-0.2, -0.15) is 0 Å². The number of sulfonamides is 1. The summed E-state index contributed by atoms with van der Waals surface area (Å²) in [6, 6.07) is 12.8. The second-order valence-electron chi connectivity index (χ2n) is 6.21. The van der Waals surface area contributed by atoms with Gasteiger partial charge < -0.3 is 5.11 Å². The van der Waals surface area contributed by atoms with E-state index < -0.39 is 21.9 Å². The van der Waals surface area contributed by atoms with Gasteiger partial charge in [-0.15, -0.1) is 0 Å². The molecule has 0 aromatic heterocycles. The minimum atomic E-state index is -3.76. The van der Waals surface area contributed by atoms with E-state index in [4.69, 9.17) is 0 Å². The van der Waals surface area contributed by atoms with E-state index in [0.717, 1.165) is 31.6 Å². The van der Waals surface area contributed by atoms with Gasteiger partial charge in [-0.1, -0.05) is 24.3 Å². The van der Waals surface area contributed by atoms with Gasteiger partial charge in [0.2, 0.25) is 10.0 Å². The topological polar surface area (TPSA) is 69.6 Å². The van der Waals surface area contributed by atoms with Crippen molar-refractivity contribution in [3.63, 3.8) is 0 Å². The van der Waals surface area contributed by atoms with Crippen molar-refractivity contribution in [2.75, 3.05) is 19.6 Å². The molecule has 0 aliphatic carbocycles. The first-order chi connectivity index (χ1) is 11.9. The van der Waals surface area contributed by atoms with Crippen molar-refractivity contribution in [2.24, 2.45) is 0 Å². The van der Waals surface area contributed by atoms with Crippen LogP contribution in [0.4, 0.5) is 4.39 Å². The van der Waals surface area contributed by atoms with Crippen LogP contribution in [0.15, 0.2) is 53.4 Å². The number of benzene rings is 2. The molecule has 1 heterocycles. The van der Waals surface area contributed by atoms with Gasteiger partial charge in [0.25, 0.3) is 0 Å². The Bertz CT molecular complexity index is 824. The minimum Gasteiger partial charge on any atom is -0.390 e. The quantitative estimate of drug-likeness (QED) is 0.816. The summed E-state index contributed by atoms with van der Waals surface area (Å²) in [5, 5.41) is 10.2. The second-order valence-corrected chi connectivity index (χ2v) is 7.98. The molecule has 0 bridgehead atoms. The third kappa shape index (κ3) is 4.64. The molecule has 2 aromatic carbocycles. The Hall–Kier alpha value is -1.80. The summed E-state index contributed by atoms with van der Waals surface area (Å²) in [6.07, 6.45) is 0.102. The molecule has 25 heavy (non-hydrogen) atoms. The maximum atomic E-state index is 12.9. The molecule has 1 aliphatic heterocycles. The third-order valence-electron chi connectivity index (χ3n) is 4.31. The first kappa shape index (κ1) is 18.0. The van der Waals surface area contributed by atoms with Crippen LogP contribution in [0.25, 0.3) is 0 Å². The lowest BCUT2D eigenvalue weighted by molar-refractivity contribution is 0.108. The summed E-state index contributed by atoms with van der Waals surface area (Å²) in [6.45, 7) is 1.88. The summed E-state index contributed by atoms with van der Waals surface area (Å²) in [5.41, 5.74) is 2.57. The molecular formula is C18H21FN2O3S. The van der Waals surface area contributed by atoms with Crippen LogP contribution in [0.2, 0.25) is 0 Å². The number of rotatable bonds is 6. The molecule has 1 aliphatic rings. The van der Waals surface area contributed by atoms with Gasteiger partial charge in [0, 0.05) is 26.2 Å². The van der Waals surface area contributed by atoms with E-state index in [9.17, 15) is 17.9 Å². The molecule has 0 fully saturated rings. The van der Waals surface area contributed by atoms with Gasteiger partial charge in [-0.25, -0.2) is 17.5 Å². The van der Waals surface area contributed by atoms with Crippen molar-refractivity contribution in [3.05, 3.63) is 65.5 Å². The van der Waals surface area contributed by atoms with Crippen molar-refractivity contribution in [2.45, 2.75) is 24.0 Å². The van der Waals surface area contributed by atoms with Crippen LogP contribution in [0.3, 0.4) is 0 Å². The molecular weight excluding hydrogens is 343 g/mol. The Morgan fingerprint density at radius 2 is 1.80 bits per heavy atom. The summed E-state index contributed by atoms with van der Waals surface area (Å²) in [4.78, 5) is 2.09. The lowest BCUT2D eigenvalue weighted by Crippen LogP contribution is -2.42. The second kappa shape index (κ2) is 7.61. The Balaban J connectivity index is 1.53. The molecule has 0 spiro atoms. The van der Waals surface area contributed by atoms with Crippen molar-refractivity contribution in [1.29, 1.82) is 0 Å². The monoisotopic (exact) mass is 364 g/mol. The van der Waals surface area contributed by atoms with Gasteiger partial charge in [0.1, 0.15) is 5.82 Å². The number of aliphatic hydroxyl groups excluding tert-OH is 1. The van der Waals surface area contributed by atoms with E-state index in [1.165, 1.54) is 23.3 Å². The zero-order valence-corrected chi connectivity index (χ0v) is 14.5. The zero-order valence-electron chi connectivity index (χ0n) is 13.7. The summed E-state index contributed by atoms with van der Waals surface area (Å²) < 4.78 is 39.6. The maximum Gasteiger partial charge on any atom is 0.240 e. The highest BCUT2D eigenvalue weighted by molar-refractivity contribution is 7.89. The molecule has 2 N–H and O–H groups in total. The van der Waals surface area contributed by atoms with Crippen LogP contribution in [0, 0.1) is 5.82 Å². The van der Waals surface area contributed by atoms with Gasteiger partial charge in [-0.05, 0) is 41.8 Å². The molecule has 0 saturated heterocycles. The Morgan fingerprint density at radius 3 is 2.52 bits per heavy atom. The number of fused-ring (bicyclic) bond motifs is 1. The number of hydrogen-bond acceptors (Lipinski definition) is 4. The number of halogens is 1. The highest BCUT2D eigenvalue weighted by Gasteiger charge is 2.20. The van der Waals surface area contributed by atoms with Crippen molar-refractivity contribution >= 4 is 10.0 Å². The number of nitrogens with one attached hydrogen (secondary N) is 1. The van der Waals surface area contributed by atoms with Crippen LogP contribution in [-0.4, -0.2) is 44.2 Å². The van der Waals surface area contributed by atoms with E-state index in [2.05, 4.69) is 21.8 Å². The lowest BCUT2D eigenvalue weighted by atomic mass is 10.00. The number of aliphatic hydroxyl groups is 1. The average Bonchev–Trinajstić information content (AvgIpc) is 2.60. The lowest BCUT2D eigenvalue weighted by Gasteiger charge is -2.30. The van der Waals surface area contributed by atoms with E-state index in [-0.39, 0.29) is 11.4 Å². The van der Waals surface area contributed by atoms with Crippen molar-refractivity contribution in [1.82, 2.24) is 9.62 Å². The van der Waals surface area contributed by atoms with Gasteiger partial charge in [0.15, 0.2) is 0 Å². The van der Waals surface area contributed by atoms with E-state index in [0.29, 0.717) is 6.54 Å². The summed E-state index contributed by atoms with van der Waals surface area (Å²) in [7, 11) is -3.76. The van der Waals surface area contributed by atoms with Crippen molar-refractivity contribution in [3.8, 4) is 0 Å². The van der Waals surface area contributed by atoms with Crippen LogP contribution < -0.4 is 4.72 Å². The number of hydrogen-bond donors (Lipinski definition) is 2. The number of nitrogens with zero attached hydrogens (tertiary/aromatic N) is 1. The maximum absolute atomic E-state index is 12.9. The predicted molar refractivity (Wildman–Crippen MR) is 93.0 cm³/mol. The van der Waals surface area contributed by atoms with E-state index in [1.54, 1.807) is 0 Å². The highest BCUT2D eigenvalue weighted by Crippen LogP contribution is 2.18. The molecule has 5 nitrogen and oxygen atoms in total. The molecule has 3 rings (SSSR count). The van der Waals surface area contributed by atoms with E-state index >= 15 is 0 Å². The smallest absolute Gasteiger partial charge is 0.240 e. The van der Waals surface area contributed by atoms with Crippen LogP contribution in [-0.2, 0) is 23.0 Å². The Morgan fingerprint density at radius 1 is 1.12 bits per heavy atom. The largest absolute Gasteiger partial charge is 0.390 e. The fraction of sp³-hybridized carbons (Fsp3) is 0.333. The standard InChI is InChI=1S/C18H21FN2O3S/c19-16-5-7-18(8-6-16)25(23,24)20-11-17(22)13-21-10-9-14-3-1-2-4-15(14)12-21/h1-8,17,20,22H,9-13H2. The molecule has 0 amide bonds. The van der Waals surface area contributed by atoms with Gasteiger partial charge >= 0.3 is 0 Å². The van der Waals surface area contributed by atoms with Crippen LogP contribution in [0.1, 0.15) is 11.1 Å². The molecule has 2 aromatic rings. The predicted octanol–water partition coefficient (Wildman–Crippen LogP) is 1.52. The molecule has 1 unspecified atom stereocenters. The third-order valence-corrected chi connectivity index (χ3v) is 5.75. The Labute approximate surface area is 147 Å². The fourth-order valence-electron chi connectivity index (χ4n) is 2.98. The molecule has 1 atom stereocenters. The fourth-order valence-corrected chi connectivity index (χ4v) is 4.05. The summed E-state index contributed by atoms with van der Waals surface area (Å²) in [5.74, 6) is -0.496. The number of β-amino-alcohol motifs (C(OH)–C–C–N with tert-alkyl or cyclic N) is 1. The summed E-state index contributed by atoms with van der Waals surface area (Å²) >= 11 is 0. The zero-order chi connectivity index (χ0) is 17.9. The molecule has 0 radical (unpaired) electrons. The average molecular weight is 364 g/mol. The van der Waals surface area contributed by atoms with Crippen LogP contribution in [0.5, 0.6) is 0 Å². The molecule has 7 heteroatoms. The minimum absolute atomic E-state index is 0.0204. The van der Waals surface area contributed by atoms with Gasteiger partial charge in [-0.3, -0.25) is 4.90 Å². The normalized spacial score (nSPS) is 16.4. The first-order valence-corrected chi connectivity index (χ1v) is 9.65.